The van der Waals surface area contributed by atoms with Gasteiger partial charge in [-0.3, -0.25) is 0 Å². The molecule has 0 unspecified atom stereocenters. The van der Waals surface area contributed by atoms with Gasteiger partial charge >= 0.3 is 0 Å². The molecule has 1 aliphatic heterocycles. The van der Waals surface area contributed by atoms with E-state index in [1.807, 2.05) is 0 Å². The predicted molar refractivity (Wildman–Crippen MR) is 60.3 cm³/mol. The second kappa shape index (κ2) is 4.23. The maximum absolute atomic E-state index is 12.0. The van der Waals surface area contributed by atoms with Crippen LogP contribution in [-0.4, -0.2) is 37.0 Å². The van der Waals surface area contributed by atoms with Crippen molar-refractivity contribution in [3.05, 3.63) is 35.9 Å². The Hall–Kier alpha value is -1.40. The summed E-state index contributed by atoms with van der Waals surface area (Å²) in [6.07, 6.45) is 0. The Balaban J connectivity index is 2.38. The molecule has 1 saturated heterocycles. The number of hydrogen-bond acceptors (Lipinski definition) is 5. The van der Waals surface area contributed by atoms with Crippen LogP contribution in [0.2, 0.25) is 0 Å². The van der Waals surface area contributed by atoms with E-state index in [0.29, 0.717) is 18.7 Å². The minimum absolute atomic E-state index is 0.250. The molecule has 0 aliphatic carbocycles. The number of oxime groups is 1. The molecule has 6 heteroatoms. The third-order valence-corrected chi connectivity index (χ3v) is 4.63. The Kier molecular flexibility index (Phi) is 2.93. The van der Waals surface area contributed by atoms with Crippen LogP contribution in [0.25, 0.3) is 0 Å². The summed E-state index contributed by atoms with van der Waals surface area (Å²) < 4.78 is 24.0. The molecule has 0 radical (unpaired) electrons. The van der Waals surface area contributed by atoms with Gasteiger partial charge in [-0.1, -0.05) is 35.5 Å². The molecular formula is C10H12N2O3S. The van der Waals surface area contributed by atoms with Crippen LogP contribution in [0.1, 0.15) is 5.56 Å². The average molecular weight is 240 g/mol. The Bertz CT molecular complexity index is 492. The quantitative estimate of drug-likeness (QED) is 0.335. The minimum atomic E-state index is -3.53. The monoisotopic (exact) mass is 240 g/mol. The molecular weight excluding hydrogens is 228 g/mol. The predicted octanol–water partition coefficient (Wildman–Crippen LogP) is 0.209. The Labute approximate surface area is 93.7 Å². The molecule has 0 atom stereocenters. The van der Waals surface area contributed by atoms with E-state index in [2.05, 4.69) is 10.5 Å². The third kappa shape index (κ3) is 1.81. The van der Waals surface area contributed by atoms with E-state index >= 15 is 0 Å². The molecule has 2 rings (SSSR count). The van der Waals surface area contributed by atoms with Gasteiger partial charge in [-0.2, -0.15) is 0 Å². The van der Waals surface area contributed by atoms with Crippen LogP contribution in [0.4, 0.5) is 0 Å². The fourth-order valence-corrected chi connectivity index (χ4v) is 3.07. The van der Waals surface area contributed by atoms with Crippen molar-refractivity contribution in [2.45, 2.75) is 5.25 Å². The Morgan fingerprint density at radius 2 is 1.94 bits per heavy atom. The van der Waals surface area contributed by atoms with Crippen LogP contribution in [0.5, 0.6) is 0 Å². The molecule has 5 nitrogen and oxygen atoms in total. The maximum Gasteiger partial charge on any atom is 0.204 e. The molecule has 1 aliphatic rings. The largest absolute Gasteiger partial charge is 0.410 e. The first-order valence-electron chi connectivity index (χ1n) is 4.88. The fraction of sp³-hybridized carbons (Fsp3) is 0.300. The van der Waals surface area contributed by atoms with Crippen molar-refractivity contribution < 1.29 is 13.6 Å². The molecule has 0 spiro atoms. The highest BCUT2D eigenvalue weighted by Crippen LogP contribution is 2.15. The van der Waals surface area contributed by atoms with E-state index in [4.69, 9.17) is 5.21 Å². The highest BCUT2D eigenvalue weighted by Gasteiger charge is 2.36. The SMILES string of the molecule is O=S(=O)(/C(=N/O)c1ccccc1)C1CNC1. The molecule has 0 saturated carbocycles. The molecule has 16 heavy (non-hydrogen) atoms. The molecule has 2 N–H and O–H groups in total. The minimum Gasteiger partial charge on any atom is -0.410 e. The first-order valence-corrected chi connectivity index (χ1v) is 6.43. The van der Waals surface area contributed by atoms with Gasteiger partial charge in [0.15, 0.2) is 0 Å². The molecule has 1 aromatic rings. The summed E-state index contributed by atoms with van der Waals surface area (Å²) in [6, 6.07) is 8.40. The number of nitrogens with zero attached hydrogens (tertiary/aromatic N) is 1. The van der Waals surface area contributed by atoms with Gasteiger partial charge in [0.25, 0.3) is 0 Å². The van der Waals surface area contributed by atoms with E-state index in [0.717, 1.165) is 0 Å². The number of hydrogen-bond donors (Lipinski definition) is 2. The van der Waals surface area contributed by atoms with Gasteiger partial charge in [-0.15, -0.1) is 0 Å². The van der Waals surface area contributed by atoms with Crippen molar-refractivity contribution in [2.75, 3.05) is 13.1 Å². The van der Waals surface area contributed by atoms with Gasteiger partial charge in [-0.25, -0.2) is 8.42 Å². The fourth-order valence-electron chi connectivity index (χ4n) is 1.50. The van der Waals surface area contributed by atoms with Crippen molar-refractivity contribution >= 4 is 14.9 Å². The van der Waals surface area contributed by atoms with Gasteiger partial charge in [-0.05, 0) is 0 Å². The number of rotatable bonds is 2. The first-order chi connectivity index (χ1) is 7.66. The standard InChI is InChI=1S/C10H12N2O3S/c13-12-10(8-4-2-1-3-5-8)16(14,15)9-6-11-7-9/h1-5,9,11,13H,6-7H2/b12-10+. The number of benzene rings is 1. The molecule has 86 valence electrons. The average Bonchev–Trinajstić information content (AvgIpc) is 2.16. The Morgan fingerprint density at radius 3 is 2.38 bits per heavy atom. The van der Waals surface area contributed by atoms with Crippen molar-refractivity contribution in [1.82, 2.24) is 5.32 Å². The van der Waals surface area contributed by atoms with Gasteiger partial charge in [0, 0.05) is 18.7 Å². The lowest BCUT2D eigenvalue weighted by atomic mass is 10.2. The van der Waals surface area contributed by atoms with Crippen molar-refractivity contribution in [3.8, 4) is 0 Å². The van der Waals surface area contributed by atoms with Crippen LogP contribution < -0.4 is 5.32 Å². The van der Waals surface area contributed by atoms with E-state index in [9.17, 15) is 8.42 Å². The lowest BCUT2D eigenvalue weighted by Crippen LogP contribution is -2.53. The Morgan fingerprint density at radius 1 is 1.31 bits per heavy atom. The van der Waals surface area contributed by atoms with E-state index < -0.39 is 15.1 Å². The zero-order valence-electron chi connectivity index (χ0n) is 8.50. The first kappa shape index (κ1) is 11.1. The van der Waals surface area contributed by atoms with Crippen LogP contribution in [0.3, 0.4) is 0 Å². The molecule has 0 bridgehead atoms. The lowest BCUT2D eigenvalue weighted by molar-refractivity contribution is 0.320. The van der Waals surface area contributed by atoms with Crippen molar-refractivity contribution in [1.29, 1.82) is 0 Å². The summed E-state index contributed by atoms with van der Waals surface area (Å²) in [4.78, 5) is 0. The van der Waals surface area contributed by atoms with Gasteiger partial charge in [0.1, 0.15) is 0 Å². The summed E-state index contributed by atoms with van der Waals surface area (Å²) in [6.45, 7) is 0.822. The van der Waals surface area contributed by atoms with Crippen LogP contribution in [0, 0.1) is 0 Å². The normalized spacial score (nSPS) is 18.1. The summed E-state index contributed by atoms with van der Waals surface area (Å²) in [7, 11) is -3.53. The number of nitrogens with one attached hydrogen (secondary N) is 1. The summed E-state index contributed by atoms with van der Waals surface area (Å²) in [5, 5.41) is 13.9. The zero-order valence-corrected chi connectivity index (χ0v) is 9.31. The van der Waals surface area contributed by atoms with Crippen LogP contribution in [-0.2, 0) is 9.84 Å². The second-order valence-corrected chi connectivity index (χ2v) is 5.74. The molecule has 0 amide bonds. The van der Waals surface area contributed by atoms with Crippen LogP contribution in [0.15, 0.2) is 35.5 Å². The van der Waals surface area contributed by atoms with Crippen molar-refractivity contribution in [2.24, 2.45) is 5.16 Å². The zero-order chi connectivity index (χ0) is 11.6. The highest BCUT2D eigenvalue weighted by molar-refractivity contribution is 8.07. The van der Waals surface area contributed by atoms with Gasteiger partial charge in [0.2, 0.25) is 14.9 Å². The summed E-state index contributed by atoms with van der Waals surface area (Å²) >= 11 is 0. The van der Waals surface area contributed by atoms with Gasteiger partial charge in [0.05, 0.1) is 5.25 Å². The van der Waals surface area contributed by atoms with Crippen molar-refractivity contribution in [3.63, 3.8) is 0 Å². The van der Waals surface area contributed by atoms with E-state index in [1.54, 1.807) is 30.3 Å². The smallest absolute Gasteiger partial charge is 0.204 e. The molecule has 1 fully saturated rings. The van der Waals surface area contributed by atoms with Crippen LogP contribution >= 0.6 is 0 Å². The lowest BCUT2D eigenvalue weighted by Gasteiger charge is -2.26. The maximum atomic E-state index is 12.0. The van der Waals surface area contributed by atoms with Gasteiger partial charge < -0.3 is 10.5 Å². The van der Waals surface area contributed by atoms with E-state index in [1.165, 1.54) is 0 Å². The summed E-state index contributed by atoms with van der Waals surface area (Å²) in [5.41, 5.74) is 0.414. The highest BCUT2D eigenvalue weighted by atomic mass is 32.2. The summed E-state index contributed by atoms with van der Waals surface area (Å²) in [5.74, 6) is 0. The van der Waals surface area contributed by atoms with E-state index in [-0.39, 0.29) is 5.04 Å². The third-order valence-electron chi connectivity index (χ3n) is 2.56. The topological polar surface area (TPSA) is 78.8 Å². The molecule has 1 aromatic carbocycles. The molecule has 0 aromatic heterocycles. The second-order valence-electron chi connectivity index (χ2n) is 3.60. The molecule has 1 heterocycles. The number of sulfone groups is 1.